The highest BCUT2D eigenvalue weighted by Gasteiger charge is 2.02. The van der Waals surface area contributed by atoms with Gasteiger partial charge in [0.2, 0.25) is 0 Å². The first-order valence-electron chi connectivity index (χ1n) is 5.79. The van der Waals surface area contributed by atoms with Crippen LogP contribution in [0.4, 0.5) is 0 Å². The number of hydrogen-bond donors (Lipinski definition) is 0. The molecule has 0 fully saturated rings. The summed E-state index contributed by atoms with van der Waals surface area (Å²) < 4.78 is 1.88. The van der Waals surface area contributed by atoms with E-state index in [0.717, 1.165) is 20.6 Å². The molecule has 0 atom stereocenters. The van der Waals surface area contributed by atoms with Gasteiger partial charge in [-0.1, -0.05) is 51.2 Å². The number of hydrogen-bond acceptors (Lipinski definition) is 3. The van der Waals surface area contributed by atoms with Crippen molar-refractivity contribution < 1.29 is 0 Å². The van der Waals surface area contributed by atoms with Gasteiger partial charge in [0.1, 0.15) is 0 Å². The van der Waals surface area contributed by atoms with Gasteiger partial charge in [-0.05, 0) is 12.1 Å². The van der Waals surface area contributed by atoms with Crippen molar-refractivity contribution in [3.05, 3.63) is 44.3 Å². The van der Waals surface area contributed by atoms with E-state index in [0.29, 0.717) is 5.39 Å². The van der Waals surface area contributed by atoms with Gasteiger partial charge in [0.15, 0.2) is 0 Å². The molecule has 17 heavy (non-hydrogen) atoms. The lowest BCUT2D eigenvalue weighted by atomic mass is 10.3. The number of benzene rings is 1. The van der Waals surface area contributed by atoms with Crippen LogP contribution in [0.15, 0.2) is 33.9 Å². The fourth-order valence-electron chi connectivity index (χ4n) is 1.16. The Hall–Kier alpha value is -1.42. The van der Waals surface area contributed by atoms with Gasteiger partial charge in [-0.2, -0.15) is 0 Å². The third kappa shape index (κ3) is 3.53. The maximum atomic E-state index is 11.5. The van der Waals surface area contributed by atoms with E-state index >= 15 is 0 Å². The number of rotatable bonds is 0. The van der Waals surface area contributed by atoms with Crippen molar-refractivity contribution in [3.8, 4) is 0 Å². The van der Waals surface area contributed by atoms with Crippen LogP contribution in [0.25, 0.3) is 10.1 Å². The Morgan fingerprint density at radius 3 is 2.12 bits per heavy atom. The molecule has 0 bridgehead atoms. The number of aromatic nitrogens is 1. The Balaban J connectivity index is 0.000000581. The first-order chi connectivity index (χ1) is 8.20. The van der Waals surface area contributed by atoms with Gasteiger partial charge in [-0.3, -0.25) is 14.2 Å². The highest BCUT2D eigenvalue weighted by molar-refractivity contribution is 7.16. The predicted octanol–water partition coefficient (Wildman–Crippen LogP) is 3.01. The second-order valence-corrected chi connectivity index (χ2v) is 3.72. The molecule has 1 heterocycles. The summed E-state index contributed by atoms with van der Waals surface area (Å²) in [5.74, 6) is 0. The molecule has 0 saturated heterocycles. The lowest BCUT2D eigenvalue weighted by molar-refractivity contribution is 0.853. The van der Waals surface area contributed by atoms with Crippen molar-refractivity contribution in [3.63, 3.8) is 0 Å². The Morgan fingerprint density at radius 1 is 1.00 bits per heavy atom. The second-order valence-electron chi connectivity index (χ2n) is 2.73. The van der Waals surface area contributed by atoms with E-state index in [9.17, 15) is 9.59 Å². The highest BCUT2D eigenvalue weighted by Crippen LogP contribution is 2.09. The van der Waals surface area contributed by atoms with Crippen molar-refractivity contribution in [2.45, 2.75) is 27.7 Å². The molecule has 0 saturated carbocycles. The highest BCUT2D eigenvalue weighted by atomic mass is 32.1. The van der Waals surface area contributed by atoms with Crippen molar-refractivity contribution in [1.29, 1.82) is 0 Å². The zero-order valence-electron chi connectivity index (χ0n) is 11.0. The summed E-state index contributed by atoms with van der Waals surface area (Å²) in [4.78, 5) is 22.5. The van der Waals surface area contributed by atoms with Crippen LogP contribution in [0.2, 0.25) is 0 Å². The molecule has 0 N–H and O–H groups in total. The smallest absolute Gasteiger partial charge is 0.269 e. The predicted molar refractivity (Wildman–Crippen MR) is 76.0 cm³/mol. The SMILES string of the molecule is CC.CC.Cn1c(=O)sc2ccccc2c1=O. The fourth-order valence-corrected chi connectivity index (χ4v) is 1.98. The molecule has 0 aliphatic rings. The van der Waals surface area contributed by atoms with Crippen molar-refractivity contribution >= 4 is 21.4 Å². The average molecular weight is 253 g/mol. The third-order valence-corrected chi connectivity index (χ3v) is 2.92. The van der Waals surface area contributed by atoms with Crippen LogP contribution in [0.1, 0.15) is 27.7 Å². The van der Waals surface area contributed by atoms with Gasteiger partial charge in [0.05, 0.1) is 5.39 Å². The van der Waals surface area contributed by atoms with Crippen molar-refractivity contribution in [2.24, 2.45) is 7.05 Å². The largest absolute Gasteiger partial charge is 0.310 e. The quantitative estimate of drug-likeness (QED) is 0.724. The van der Waals surface area contributed by atoms with E-state index < -0.39 is 0 Å². The zero-order valence-corrected chi connectivity index (χ0v) is 11.8. The zero-order chi connectivity index (χ0) is 13.4. The Bertz CT molecular complexity index is 569. The molecule has 0 spiro atoms. The van der Waals surface area contributed by atoms with E-state index in [1.165, 1.54) is 7.05 Å². The molecular weight excluding hydrogens is 234 g/mol. The molecule has 0 unspecified atom stereocenters. The summed E-state index contributed by atoms with van der Waals surface area (Å²) >= 11 is 1.09. The van der Waals surface area contributed by atoms with Crippen molar-refractivity contribution in [1.82, 2.24) is 4.57 Å². The van der Waals surface area contributed by atoms with Crippen LogP contribution in [0, 0.1) is 0 Å². The summed E-state index contributed by atoms with van der Waals surface area (Å²) in [5.41, 5.74) is -0.223. The maximum absolute atomic E-state index is 11.5. The van der Waals surface area contributed by atoms with Gasteiger partial charge < -0.3 is 0 Å². The van der Waals surface area contributed by atoms with Gasteiger partial charge in [0.25, 0.3) is 5.56 Å². The number of nitrogens with zero attached hydrogens (tertiary/aromatic N) is 1. The van der Waals surface area contributed by atoms with Gasteiger partial charge in [0, 0.05) is 11.7 Å². The van der Waals surface area contributed by atoms with Crippen LogP contribution >= 0.6 is 11.3 Å². The van der Waals surface area contributed by atoms with E-state index in [1.807, 2.05) is 33.8 Å². The van der Waals surface area contributed by atoms with Crippen molar-refractivity contribution in [2.75, 3.05) is 0 Å². The first kappa shape index (κ1) is 15.6. The molecule has 2 rings (SSSR count). The van der Waals surface area contributed by atoms with E-state index in [4.69, 9.17) is 0 Å². The Morgan fingerprint density at radius 2 is 1.53 bits per heavy atom. The van der Waals surface area contributed by atoms with Gasteiger partial charge in [-0.25, -0.2) is 0 Å². The summed E-state index contributed by atoms with van der Waals surface area (Å²) in [5, 5.41) is 0.606. The minimum Gasteiger partial charge on any atom is -0.269 e. The maximum Gasteiger partial charge on any atom is 0.310 e. The van der Waals surface area contributed by atoms with Crippen LogP contribution in [0.3, 0.4) is 0 Å². The topological polar surface area (TPSA) is 39.1 Å². The molecule has 0 amide bonds. The minimum atomic E-state index is -0.223. The van der Waals surface area contributed by atoms with Gasteiger partial charge in [-0.15, -0.1) is 0 Å². The van der Waals surface area contributed by atoms with Gasteiger partial charge >= 0.3 is 4.87 Å². The summed E-state index contributed by atoms with van der Waals surface area (Å²) in [7, 11) is 1.49. The molecular formula is C13H19NO2S. The summed E-state index contributed by atoms with van der Waals surface area (Å²) in [6.07, 6.45) is 0. The number of fused-ring (bicyclic) bond motifs is 1. The molecule has 0 aliphatic carbocycles. The van der Waals surface area contributed by atoms with Crippen LogP contribution in [-0.2, 0) is 7.05 Å². The second kappa shape index (κ2) is 7.79. The molecule has 1 aromatic heterocycles. The first-order valence-corrected chi connectivity index (χ1v) is 6.60. The van der Waals surface area contributed by atoms with Crippen LogP contribution in [0.5, 0.6) is 0 Å². The Kier molecular flexibility index (Phi) is 7.14. The normalized spacial score (nSPS) is 8.76. The third-order valence-electron chi connectivity index (χ3n) is 1.89. The van der Waals surface area contributed by atoms with E-state index in [-0.39, 0.29) is 10.4 Å². The molecule has 2 aromatic rings. The molecule has 94 valence electrons. The lowest BCUT2D eigenvalue weighted by Crippen LogP contribution is -2.27. The fraction of sp³-hybridized carbons (Fsp3) is 0.385. The average Bonchev–Trinajstić information content (AvgIpc) is 2.41. The van der Waals surface area contributed by atoms with E-state index in [1.54, 1.807) is 18.2 Å². The summed E-state index contributed by atoms with van der Waals surface area (Å²) in [6.45, 7) is 8.00. The van der Waals surface area contributed by atoms with Crippen LogP contribution < -0.4 is 10.4 Å². The Labute approximate surface area is 105 Å². The summed E-state index contributed by atoms with van der Waals surface area (Å²) in [6, 6.07) is 7.12. The van der Waals surface area contributed by atoms with Crippen LogP contribution in [-0.4, -0.2) is 4.57 Å². The molecule has 0 radical (unpaired) electrons. The lowest BCUT2D eigenvalue weighted by Gasteiger charge is -1.97. The molecule has 3 nitrogen and oxygen atoms in total. The minimum absolute atomic E-state index is 0.219. The molecule has 0 aliphatic heterocycles. The van der Waals surface area contributed by atoms with E-state index in [2.05, 4.69) is 0 Å². The molecule has 4 heteroatoms. The monoisotopic (exact) mass is 253 g/mol. The molecule has 1 aromatic carbocycles. The standard InChI is InChI=1S/C9H7NO2S.2C2H6/c1-10-8(11)6-4-2-3-5-7(6)13-9(10)12;2*1-2/h2-5H,1H3;2*1-2H3.